The van der Waals surface area contributed by atoms with Crippen LogP contribution in [0.4, 0.5) is 5.69 Å². The Morgan fingerprint density at radius 1 is 1.22 bits per heavy atom. The van der Waals surface area contributed by atoms with Gasteiger partial charge in [-0.15, -0.1) is 0 Å². The summed E-state index contributed by atoms with van der Waals surface area (Å²) in [6.45, 7) is -0.0707. The molecule has 2 aromatic carbocycles. The number of likely N-dealkylation sites (N-methyl/N-ethyl adjacent to an activating group) is 1. The molecule has 3 aromatic rings. The fraction of sp³-hybridized carbons (Fsp3) is 0.222. The monoisotopic (exact) mass is 517 g/mol. The molecule has 0 unspecified atom stereocenters. The van der Waals surface area contributed by atoms with E-state index in [2.05, 4.69) is 22.1 Å². The molecule has 2 aliphatic heterocycles. The number of anilines is 1. The molecule has 1 fully saturated rings. The molecule has 0 bridgehead atoms. The van der Waals surface area contributed by atoms with Crippen LogP contribution < -0.4 is 19.7 Å². The summed E-state index contributed by atoms with van der Waals surface area (Å²) in [5.74, 6) is 6.49. The van der Waals surface area contributed by atoms with Gasteiger partial charge in [0, 0.05) is 24.9 Å². The van der Waals surface area contributed by atoms with Gasteiger partial charge in [-0.25, -0.2) is 0 Å². The maximum absolute atomic E-state index is 13.2. The van der Waals surface area contributed by atoms with Gasteiger partial charge in [0.1, 0.15) is 35.6 Å². The summed E-state index contributed by atoms with van der Waals surface area (Å²) in [7, 11) is 1.58. The van der Waals surface area contributed by atoms with Gasteiger partial charge >= 0.3 is 0 Å². The summed E-state index contributed by atoms with van der Waals surface area (Å²) in [6, 6.07) is 16.4. The second kappa shape index (κ2) is 10.1. The van der Waals surface area contributed by atoms with Gasteiger partial charge in [-0.3, -0.25) is 14.6 Å². The first-order valence-corrected chi connectivity index (χ1v) is 12.9. The van der Waals surface area contributed by atoms with Crippen molar-refractivity contribution in [2.24, 2.45) is 0 Å². The van der Waals surface area contributed by atoms with Gasteiger partial charge in [0.2, 0.25) is 5.60 Å². The quantitative estimate of drug-likeness (QED) is 0.400. The zero-order valence-electron chi connectivity index (χ0n) is 19.8. The predicted molar refractivity (Wildman–Crippen MR) is 137 cm³/mol. The summed E-state index contributed by atoms with van der Waals surface area (Å²) < 4.78 is 22.9. The molecule has 2 N–H and O–H groups in total. The van der Waals surface area contributed by atoms with E-state index in [0.29, 0.717) is 28.5 Å². The first-order chi connectivity index (χ1) is 17.8. The average Bonchev–Trinajstić information content (AvgIpc) is 2.99. The first-order valence-electron chi connectivity index (χ1n) is 11.4. The minimum absolute atomic E-state index is 0.0707. The van der Waals surface area contributed by atoms with Crippen molar-refractivity contribution in [1.29, 1.82) is 0 Å². The molecule has 5 rings (SSSR count). The van der Waals surface area contributed by atoms with E-state index in [-0.39, 0.29) is 29.7 Å². The molecule has 1 aromatic heterocycles. The Balaban J connectivity index is 1.28. The lowest BCUT2D eigenvalue weighted by Crippen LogP contribution is -2.53. The van der Waals surface area contributed by atoms with E-state index in [0.717, 1.165) is 0 Å². The largest absolute Gasteiger partial charge is 0.616 e. The summed E-state index contributed by atoms with van der Waals surface area (Å²) in [5.41, 5.74) is -0.106. The number of fused-ring (bicyclic) bond motifs is 1. The van der Waals surface area contributed by atoms with Crippen LogP contribution in [-0.4, -0.2) is 63.3 Å². The number of nitrogens with zero attached hydrogens (tertiary/aromatic N) is 2. The number of hydrogen-bond donors (Lipinski definition) is 2. The number of carbonyl (C=O) groups excluding carboxylic acids is 2. The second-order valence-electron chi connectivity index (χ2n) is 8.72. The van der Waals surface area contributed by atoms with E-state index >= 15 is 0 Å². The van der Waals surface area contributed by atoms with E-state index in [9.17, 15) is 19.2 Å². The maximum Gasteiger partial charge on any atom is 0.270 e. The van der Waals surface area contributed by atoms with E-state index < -0.39 is 28.7 Å². The Labute approximate surface area is 216 Å². The number of ether oxygens (including phenoxy) is 2. The van der Waals surface area contributed by atoms with Gasteiger partial charge < -0.3 is 29.3 Å². The molecule has 37 heavy (non-hydrogen) atoms. The SMILES string of the molecule is CN1C(=O)[C@H](NC(=O)c2cc(Oc3ccccc3)ccn2)COc2ccc(C#CC3(O)C[S+]([O-])C3)cc21. The van der Waals surface area contributed by atoms with Crippen LogP contribution in [0.2, 0.25) is 0 Å². The van der Waals surface area contributed by atoms with Crippen LogP contribution in [0.5, 0.6) is 17.2 Å². The molecule has 2 aliphatic rings. The Hall–Kier alpha value is -4.04. The van der Waals surface area contributed by atoms with Crippen molar-refractivity contribution >= 4 is 28.7 Å². The lowest BCUT2D eigenvalue weighted by Gasteiger charge is -2.32. The Morgan fingerprint density at radius 2 is 2.00 bits per heavy atom. The van der Waals surface area contributed by atoms with Gasteiger partial charge in [-0.05, 0) is 47.6 Å². The normalized spacial score (nSPS) is 22.4. The van der Waals surface area contributed by atoms with Crippen molar-refractivity contribution in [2.75, 3.05) is 30.1 Å². The Bertz CT molecular complexity index is 1400. The van der Waals surface area contributed by atoms with Crippen molar-refractivity contribution in [2.45, 2.75) is 11.6 Å². The topological polar surface area (TPSA) is 124 Å². The highest BCUT2D eigenvalue weighted by Crippen LogP contribution is 2.32. The van der Waals surface area contributed by atoms with E-state index in [1.54, 1.807) is 43.4 Å². The molecular weight excluding hydrogens is 494 g/mol. The number of pyridine rings is 1. The molecule has 0 saturated carbocycles. The van der Waals surface area contributed by atoms with Crippen LogP contribution in [0, 0.1) is 11.8 Å². The summed E-state index contributed by atoms with van der Waals surface area (Å²) >= 11 is -1.04. The maximum atomic E-state index is 13.2. The summed E-state index contributed by atoms with van der Waals surface area (Å²) in [5, 5.41) is 12.9. The fourth-order valence-corrected chi connectivity index (χ4v) is 5.01. The lowest BCUT2D eigenvalue weighted by molar-refractivity contribution is -0.120. The molecule has 3 heterocycles. The van der Waals surface area contributed by atoms with Crippen LogP contribution in [0.1, 0.15) is 16.1 Å². The van der Waals surface area contributed by atoms with Crippen LogP contribution in [0.25, 0.3) is 0 Å². The standard InChI is InChI=1S/C27H23N3O6S/c1-30-23-13-18(9-11-27(33)16-37(34)17-27)7-8-24(23)35-15-22(26(30)32)29-25(31)21-14-20(10-12-28-21)36-19-5-3-2-4-6-19/h2-8,10,12-14,22,33H,15-17H2,1H3,(H,29,31)/t22-,27?,37?/m1/s1. The molecule has 0 aliphatic carbocycles. The number of hydrogen-bond acceptors (Lipinski definition) is 7. The third-order valence-electron chi connectivity index (χ3n) is 5.84. The van der Waals surface area contributed by atoms with Crippen LogP contribution >= 0.6 is 0 Å². The zero-order valence-corrected chi connectivity index (χ0v) is 20.7. The molecule has 188 valence electrons. The molecule has 0 spiro atoms. The minimum Gasteiger partial charge on any atom is -0.616 e. The molecule has 0 radical (unpaired) electrons. The Kier molecular flexibility index (Phi) is 6.76. The van der Waals surface area contributed by atoms with Crippen LogP contribution in [0.15, 0.2) is 66.9 Å². The van der Waals surface area contributed by atoms with Crippen LogP contribution in [0.3, 0.4) is 0 Å². The highest BCUT2D eigenvalue weighted by molar-refractivity contribution is 7.93. The van der Waals surface area contributed by atoms with E-state index in [1.165, 1.54) is 17.2 Å². The smallest absolute Gasteiger partial charge is 0.270 e. The zero-order chi connectivity index (χ0) is 26.0. The van der Waals surface area contributed by atoms with Gasteiger partial charge in [0.15, 0.2) is 11.5 Å². The summed E-state index contributed by atoms with van der Waals surface area (Å²) in [4.78, 5) is 31.6. The van der Waals surface area contributed by atoms with Crippen LogP contribution in [-0.2, 0) is 16.0 Å². The van der Waals surface area contributed by atoms with Crippen molar-refractivity contribution in [3.63, 3.8) is 0 Å². The van der Waals surface area contributed by atoms with Crippen molar-refractivity contribution in [3.8, 4) is 29.1 Å². The number of rotatable bonds is 4. The number of aromatic nitrogens is 1. The van der Waals surface area contributed by atoms with Crippen molar-refractivity contribution < 1.29 is 28.7 Å². The third-order valence-corrected chi connectivity index (χ3v) is 7.44. The second-order valence-corrected chi connectivity index (χ2v) is 10.2. The fourth-order valence-electron chi connectivity index (χ4n) is 3.89. The van der Waals surface area contributed by atoms with E-state index in [1.807, 2.05) is 18.2 Å². The highest BCUT2D eigenvalue weighted by Gasteiger charge is 2.45. The molecular formula is C27H23N3O6S. The Morgan fingerprint density at radius 3 is 2.76 bits per heavy atom. The van der Waals surface area contributed by atoms with E-state index in [4.69, 9.17) is 9.47 Å². The molecule has 1 atom stereocenters. The highest BCUT2D eigenvalue weighted by atomic mass is 32.2. The number of carbonyl (C=O) groups is 2. The lowest BCUT2D eigenvalue weighted by atomic mass is 10.1. The predicted octanol–water partition coefficient (Wildman–Crippen LogP) is 1.87. The van der Waals surface area contributed by atoms with Crippen molar-refractivity contribution in [1.82, 2.24) is 10.3 Å². The molecule has 2 amide bonds. The number of para-hydroxylation sites is 1. The molecule has 1 saturated heterocycles. The molecule has 10 heteroatoms. The third kappa shape index (κ3) is 5.54. The minimum atomic E-state index is -1.25. The first kappa shape index (κ1) is 24.6. The van der Waals surface area contributed by atoms with Gasteiger partial charge in [0.25, 0.3) is 11.8 Å². The number of aliphatic hydroxyl groups is 1. The summed E-state index contributed by atoms with van der Waals surface area (Å²) in [6.07, 6.45) is 1.46. The number of benzene rings is 2. The van der Waals surface area contributed by atoms with Gasteiger partial charge in [-0.1, -0.05) is 30.0 Å². The van der Waals surface area contributed by atoms with Gasteiger partial charge in [-0.2, -0.15) is 0 Å². The van der Waals surface area contributed by atoms with Crippen molar-refractivity contribution in [3.05, 3.63) is 78.1 Å². The average molecular weight is 518 g/mol. The number of amides is 2. The number of nitrogens with one attached hydrogen (secondary N) is 1. The molecule has 9 nitrogen and oxygen atoms in total. The van der Waals surface area contributed by atoms with Gasteiger partial charge in [0.05, 0.1) is 5.69 Å².